The van der Waals surface area contributed by atoms with Crippen molar-refractivity contribution in [3.8, 4) is 5.75 Å². The summed E-state index contributed by atoms with van der Waals surface area (Å²) in [6, 6.07) is 9.28. The molecule has 0 aliphatic heterocycles. The highest BCUT2D eigenvalue weighted by atomic mass is 31.2. The highest BCUT2D eigenvalue weighted by Gasteiger charge is 2.25. The Balaban J connectivity index is 2.56. The average molecular weight is 284 g/mol. The monoisotopic (exact) mass is 284 g/mol. The molecule has 3 nitrogen and oxygen atoms in total. The van der Waals surface area contributed by atoms with Gasteiger partial charge in [-0.05, 0) is 25.0 Å². The molecule has 0 aliphatic rings. The molecule has 1 aromatic carbocycles. The van der Waals surface area contributed by atoms with Crippen molar-refractivity contribution in [2.45, 2.75) is 46.0 Å². The third-order valence-electron chi connectivity index (χ3n) is 2.81. The molecule has 0 aromatic heterocycles. The first kappa shape index (κ1) is 16.3. The lowest BCUT2D eigenvalue weighted by atomic mass is 10.3. The van der Waals surface area contributed by atoms with Gasteiger partial charge >= 0.3 is 7.60 Å². The summed E-state index contributed by atoms with van der Waals surface area (Å²) in [4.78, 5) is 0. The largest absolute Gasteiger partial charge is 0.424 e. The number of benzene rings is 1. The van der Waals surface area contributed by atoms with Gasteiger partial charge < -0.3 is 4.52 Å². The van der Waals surface area contributed by atoms with Crippen LogP contribution >= 0.6 is 7.60 Å². The van der Waals surface area contributed by atoms with Crippen molar-refractivity contribution in [2.24, 2.45) is 0 Å². The Hall–Kier alpha value is -0.790. The zero-order valence-electron chi connectivity index (χ0n) is 12.0. The molecule has 19 heavy (non-hydrogen) atoms. The first-order valence-corrected chi connectivity index (χ1v) is 8.91. The molecule has 0 fully saturated rings. The predicted molar refractivity (Wildman–Crippen MR) is 79.9 cm³/mol. The van der Waals surface area contributed by atoms with Gasteiger partial charge in [-0.2, -0.15) is 0 Å². The quantitative estimate of drug-likeness (QED) is 0.434. The SMILES string of the molecule is CCCCCOP(=O)(CCCC)Oc1ccccc1. The zero-order valence-corrected chi connectivity index (χ0v) is 12.9. The van der Waals surface area contributed by atoms with Crippen LogP contribution in [-0.4, -0.2) is 12.8 Å². The van der Waals surface area contributed by atoms with Crippen LogP contribution in [0.25, 0.3) is 0 Å². The first-order chi connectivity index (χ1) is 9.20. The fourth-order valence-electron chi connectivity index (χ4n) is 1.69. The summed E-state index contributed by atoms with van der Waals surface area (Å²) in [5.41, 5.74) is 0. The molecule has 0 radical (unpaired) electrons. The van der Waals surface area contributed by atoms with Crippen LogP contribution in [-0.2, 0) is 9.09 Å². The van der Waals surface area contributed by atoms with Crippen LogP contribution in [0.3, 0.4) is 0 Å². The maximum Gasteiger partial charge on any atom is 0.379 e. The van der Waals surface area contributed by atoms with Gasteiger partial charge in [-0.1, -0.05) is 51.3 Å². The van der Waals surface area contributed by atoms with E-state index in [2.05, 4.69) is 13.8 Å². The van der Waals surface area contributed by atoms with Crippen molar-refractivity contribution >= 4 is 7.60 Å². The summed E-state index contributed by atoms with van der Waals surface area (Å²) >= 11 is 0. The maximum atomic E-state index is 12.7. The summed E-state index contributed by atoms with van der Waals surface area (Å²) in [5.74, 6) is 0.623. The molecule has 0 heterocycles. The number of rotatable bonds is 10. The predicted octanol–water partition coefficient (Wildman–Crippen LogP) is 5.27. The van der Waals surface area contributed by atoms with E-state index in [9.17, 15) is 4.57 Å². The number of para-hydroxylation sites is 1. The summed E-state index contributed by atoms with van der Waals surface area (Å²) in [6.45, 7) is 4.72. The van der Waals surface area contributed by atoms with E-state index in [4.69, 9.17) is 9.05 Å². The van der Waals surface area contributed by atoms with Gasteiger partial charge in [0.1, 0.15) is 5.75 Å². The number of hydrogen-bond donors (Lipinski definition) is 0. The van der Waals surface area contributed by atoms with Crippen LogP contribution < -0.4 is 4.52 Å². The van der Waals surface area contributed by atoms with E-state index in [1.165, 1.54) is 0 Å². The molecule has 0 amide bonds. The summed E-state index contributed by atoms with van der Waals surface area (Å²) in [7, 11) is -3.00. The second-order valence-electron chi connectivity index (χ2n) is 4.63. The van der Waals surface area contributed by atoms with E-state index < -0.39 is 7.60 Å². The van der Waals surface area contributed by atoms with Crippen LogP contribution in [0.15, 0.2) is 30.3 Å². The fourth-order valence-corrected chi connectivity index (χ4v) is 3.51. The minimum atomic E-state index is -3.00. The Kier molecular flexibility index (Phi) is 7.85. The summed E-state index contributed by atoms with van der Waals surface area (Å²) < 4.78 is 23.8. The average Bonchev–Trinajstić information content (AvgIpc) is 2.43. The Morgan fingerprint density at radius 3 is 2.32 bits per heavy atom. The molecule has 108 valence electrons. The first-order valence-electron chi connectivity index (χ1n) is 7.18. The Morgan fingerprint density at radius 1 is 1.00 bits per heavy atom. The smallest absolute Gasteiger partial charge is 0.379 e. The number of unbranched alkanes of at least 4 members (excludes halogenated alkanes) is 3. The Bertz CT molecular complexity index is 378. The summed E-state index contributed by atoms with van der Waals surface area (Å²) in [6.07, 6.45) is 5.49. The van der Waals surface area contributed by atoms with Gasteiger partial charge in [0.25, 0.3) is 0 Å². The highest BCUT2D eigenvalue weighted by Crippen LogP contribution is 2.49. The highest BCUT2D eigenvalue weighted by molar-refractivity contribution is 7.54. The third kappa shape index (κ3) is 6.79. The molecule has 0 bridgehead atoms. The van der Waals surface area contributed by atoms with E-state index in [1.807, 2.05) is 30.3 Å². The van der Waals surface area contributed by atoms with E-state index in [0.29, 0.717) is 18.5 Å². The minimum Gasteiger partial charge on any atom is -0.424 e. The van der Waals surface area contributed by atoms with E-state index in [-0.39, 0.29) is 0 Å². The molecule has 1 atom stereocenters. The van der Waals surface area contributed by atoms with Gasteiger partial charge in [-0.25, -0.2) is 4.57 Å². The van der Waals surface area contributed by atoms with Crippen molar-refractivity contribution in [1.82, 2.24) is 0 Å². The lowest BCUT2D eigenvalue weighted by Gasteiger charge is -2.19. The van der Waals surface area contributed by atoms with Gasteiger partial charge in [0.2, 0.25) is 0 Å². The maximum absolute atomic E-state index is 12.7. The van der Waals surface area contributed by atoms with E-state index >= 15 is 0 Å². The zero-order chi connectivity index (χ0) is 14.0. The molecule has 4 heteroatoms. The molecular weight excluding hydrogens is 259 g/mol. The second-order valence-corrected chi connectivity index (χ2v) is 6.74. The van der Waals surface area contributed by atoms with Crippen LogP contribution in [0.4, 0.5) is 0 Å². The van der Waals surface area contributed by atoms with Gasteiger partial charge in [-0.15, -0.1) is 0 Å². The summed E-state index contributed by atoms with van der Waals surface area (Å²) in [5, 5.41) is 0. The molecule has 0 saturated carbocycles. The van der Waals surface area contributed by atoms with Crippen LogP contribution in [0, 0.1) is 0 Å². The molecule has 0 aliphatic carbocycles. The lowest BCUT2D eigenvalue weighted by Crippen LogP contribution is -2.04. The Labute approximate surface area is 116 Å². The van der Waals surface area contributed by atoms with E-state index in [0.717, 1.165) is 32.1 Å². The molecule has 0 spiro atoms. The topological polar surface area (TPSA) is 35.5 Å². The third-order valence-corrected chi connectivity index (χ3v) is 4.74. The fraction of sp³-hybridized carbons (Fsp3) is 0.600. The van der Waals surface area contributed by atoms with Crippen molar-refractivity contribution < 1.29 is 13.6 Å². The standard InChI is InChI=1S/C15H25O3P/c1-3-5-10-13-17-19(16,14-6-4-2)18-15-11-8-7-9-12-15/h7-9,11-12H,3-6,10,13-14H2,1-2H3. The molecule has 1 aromatic rings. The van der Waals surface area contributed by atoms with Gasteiger partial charge in [-0.3, -0.25) is 4.52 Å². The van der Waals surface area contributed by atoms with Gasteiger partial charge in [0.05, 0.1) is 12.8 Å². The van der Waals surface area contributed by atoms with E-state index in [1.54, 1.807) is 0 Å². The normalized spacial score (nSPS) is 14.0. The molecule has 0 saturated heterocycles. The number of hydrogen-bond acceptors (Lipinski definition) is 3. The van der Waals surface area contributed by atoms with Crippen molar-refractivity contribution in [3.63, 3.8) is 0 Å². The van der Waals surface area contributed by atoms with Gasteiger partial charge in [0, 0.05) is 0 Å². The van der Waals surface area contributed by atoms with Crippen molar-refractivity contribution in [2.75, 3.05) is 12.8 Å². The molecule has 1 unspecified atom stereocenters. The van der Waals surface area contributed by atoms with Gasteiger partial charge in [0.15, 0.2) is 0 Å². The van der Waals surface area contributed by atoms with Crippen molar-refractivity contribution in [1.29, 1.82) is 0 Å². The Morgan fingerprint density at radius 2 is 1.68 bits per heavy atom. The molecule has 0 N–H and O–H groups in total. The van der Waals surface area contributed by atoms with Crippen LogP contribution in [0.5, 0.6) is 5.75 Å². The second kappa shape index (κ2) is 9.17. The lowest BCUT2D eigenvalue weighted by molar-refractivity contribution is 0.258. The molecule has 1 rings (SSSR count). The molecular formula is C15H25O3P. The minimum absolute atomic E-state index is 0.491. The van der Waals surface area contributed by atoms with Crippen LogP contribution in [0.1, 0.15) is 46.0 Å². The van der Waals surface area contributed by atoms with Crippen LogP contribution in [0.2, 0.25) is 0 Å². The van der Waals surface area contributed by atoms with Crippen molar-refractivity contribution in [3.05, 3.63) is 30.3 Å².